The molecule has 0 aliphatic carbocycles. The van der Waals surface area contributed by atoms with E-state index in [0.29, 0.717) is 17.0 Å². The minimum Gasteiger partial charge on any atom is -0.277 e. The average Bonchev–Trinajstić information content (AvgIpc) is 2.93. The van der Waals surface area contributed by atoms with Gasteiger partial charge in [-0.15, -0.1) is 0 Å². The van der Waals surface area contributed by atoms with Crippen molar-refractivity contribution in [1.82, 2.24) is 20.2 Å². The topological polar surface area (TPSA) is 54.5 Å². The maximum atomic E-state index is 13.2. The molecular formula is C13H8F2N4. The van der Waals surface area contributed by atoms with Gasteiger partial charge < -0.3 is 0 Å². The highest BCUT2D eigenvalue weighted by Crippen LogP contribution is 2.24. The first-order chi connectivity index (χ1) is 9.24. The van der Waals surface area contributed by atoms with Crippen LogP contribution in [-0.4, -0.2) is 20.2 Å². The first-order valence-electron chi connectivity index (χ1n) is 5.50. The zero-order chi connectivity index (χ0) is 13.2. The Labute approximate surface area is 107 Å². The molecule has 1 aromatic carbocycles. The van der Waals surface area contributed by atoms with Gasteiger partial charge in [0.05, 0.1) is 11.4 Å². The molecule has 1 N–H and O–H groups in total. The summed E-state index contributed by atoms with van der Waals surface area (Å²) < 4.78 is 26.0. The van der Waals surface area contributed by atoms with Gasteiger partial charge in [0, 0.05) is 23.5 Å². The van der Waals surface area contributed by atoms with Crippen LogP contribution >= 0.6 is 0 Å². The number of nitrogens with zero attached hydrogens (tertiary/aromatic N) is 3. The molecule has 0 bridgehead atoms. The molecular weight excluding hydrogens is 250 g/mol. The number of hydrogen-bond donors (Lipinski definition) is 1. The van der Waals surface area contributed by atoms with Crippen LogP contribution in [0.1, 0.15) is 0 Å². The number of hydrogen-bond acceptors (Lipinski definition) is 3. The van der Waals surface area contributed by atoms with Crippen molar-refractivity contribution < 1.29 is 8.78 Å². The molecule has 2 aromatic heterocycles. The van der Waals surface area contributed by atoms with Gasteiger partial charge in [-0.25, -0.2) is 18.7 Å². The van der Waals surface area contributed by atoms with E-state index in [9.17, 15) is 8.78 Å². The highest BCUT2D eigenvalue weighted by Gasteiger charge is 2.08. The molecule has 0 fully saturated rings. The smallest absolute Gasteiger partial charge is 0.159 e. The Kier molecular flexibility index (Phi) is 2.75. The Hall–Kier alpha value is -2.63. The van der Waals surface area contributed by atoms with Crippen LogP contribution in [0.4, 0.5) is 8.78 Å². The van der Waals surface area contributed by atoms with Gasteiger partial charge >= 0.3 is 0 Å². The van der Waals surface area contributed by atoms with Crippen LogP contribution < -0.4 is 0 Å². The number of H-pyrrole nitrogens is 1. The highest BCUT2D eigenvalue weighted by molar-refractivity contribution is 5.67. The van der Waals surface area contributed by atoms with E-state index in [-0.39, 0.29) is 0 Å². The lowest BCUT2D eigenvalue weighted by Crippen LogP contribution is -1.85. The summed E-state index contributed by atoms with van der Waals surface area (Å²) in [5.74, 6) is -1.77. The quantitative estimate of drug-likeness (QED) is 0.769. The standard InChI is InChI=1S/C13H8F2N4/c14-10-2-1-8(3-11(10)15)12-4-13(19-18-12)9-5-16-7-17-6-9/h1-7H,(H,18,19). The van der Waals surface area contributed by atoms with Crippen LogP contribution in [0.5, 0.6) is 0 Å². The SMILES string of the molecule is Fc1ccc(-c2cc(-c3cncnc3)n[nH]2)cc1F. The van der Waals surface area contributed by atoms with Gasteiger partial charge in [-0.2, -0.15) is 5.10 Å². The van der Waals surface area contributed by atoms with E-state index in [2.05, 4.69) is 20.2 Å². The summed E-state index contributed by atoms with van der Waals surface area (Å²) in [5.41, 5.74) is 2.50. The first-order valence-corrected chi connectivity index (χ1v) is 5.50. The van der Waals surface area contributed by atoms with E-state index in [1.54, 1.807) is 18.5 Å². The van der Waals surface area contributed by atoms with Crippen molar-refractivity contribution in [3.8, 4) is 22.5 Å². The average molecular weight is 258 g/mol. The molecule has 0 saturated heterocycles. The van der Waals surface area contributed by atoms with E-state index in [1.807, 2.05) is 0 Å². The number of nitrogens with one attached hydrogen (secondary N) is 1. The summed E-state index contributed by atoms with van der Waals surface area (Å²) in [6.45, 7) is 0. The molecule has 0 saturated carbocycles. The second kappa shape index (κ2) is 4.56. The molecule has 3 rings (SSSR count). The summed E-state index contributed by atoms with van der Waals surface area (Å²) >= 11 is 0. The van der Waals surface area contributed by atoms with E-state index in [4.69, 9.17) is 0 Å². The highest BCUT2D eigenvalue weighted by atomic mass is 19.2. The van der Waals surface area contributed by atoms with Crippen molar-refractivity contribution in [2.24, 2.45) is 0 Å². The van der Waals surface area contributed by atoms with Gasteiger partial charge in [0.25, 0.3) is 0 Å². The number of aromatic amines is 1. The van der Waals surface area contributed by atoms with E-state index >= 15 is 0 Å². The first kappa shape index (κ1) is 11.5. The van der Waals surface area contributed by atoms with Crippen LogP contribution in [-0.2, 0) is 0 Å². The van der Waals surface area contributed by atoms with Gasteiger partial charge in [0.2, 0.25) is 0 Å². The minimum absolute atomic E-state index is 0.523. The largest absolute Gasteiger partial charge is 0.277 e. The molecule has 0 aliphatic rings. The lowest BCUT2D eigenvalue weighted by Gasteiger charge is -1.97. The molecule has 3 aromatic rings. The van der Waals surface area contributed by atoms with Crippen LogP contribution in [0, 0.1) is 11.6 Å². The number of benzene rings is 1. The van der Waals surface area contributed by atoms with Gasteiger partial charge in [0.15, 0.2) is 11.6 Å². The Morgan fingerprint density at radius 2 is 1.68 bits per heavy atom. The van der Waals surface area contributed by atoms with Gasteiger partial charge in [-0.05, 0) is 24.3 Å². The van der Waals surface area contributed by atoms with Crippen molar-refractivity contribution in [2.75, 3.05) is 0 Å². The predicted octanol–water partition coefficient (Wildman–Crippen LogP) is 2.81. The molecule has 0 aliphatic heterocycles. The van der Waals surface area contributed by atoms with Crippen molar-refractivity contribution in [3.63, 3.8) is 0 Å². The normalized spacial score (nSPS) is 10.6. The second-order valence-corrected chi connectivity index (χ2v) is 3.92. The molecule has 0 radical (unpaired) electrons. The molecule has 94 valence electrons. The summed E-state index contributed by atoms with van der Waals surface area (Å²) in [7, 11) is 0. The fourth-order valence-electron chi connectivity index (χ4n) is 1.71. The summed E-state index contributed by atoms with van der Waals surface area (Å²) in [6.07, 6.45) is 4.67. The Bertz CT molecular complexity index is 710. The molecule has 0 atom stereocenters. The zero-order valence-electron chi connectivity index (χ0n) is 9.64. The van der Waals surface area contributed by atoms with Gasteiger partial charge in [-0.1, -0.05) is 0 Å². The summed E-state index contributed by atoms with van der Waals surface area (Å²) in [4.78, 5) is 7.79. The number of rotatable bonds is 2. The molecule has 4 nitrogen and oxygen atoms in total. The third-order valence-electron chi connectivity index (χ3n) is 2.66. The fraction of sp³-hybridized carbons (Fsp3) is 0. The van der Waals surface area contributed by atoms with E-state index < -0.39 is 11.6 Å². The zero-order valence-corrected chi connectivity index (χ0v) is 9.64. The van der Waals surface area contributed by atoms with Crippen molar-refractivity contribution >= 4 is 0 Å². The van der Waals surface area contributed by atoms with Crippen molar-refractivity contribution in [1.29, 1.82) is 0 Å². The Morgan fingerprint density at radius 1 is 0.895 bits per heavy atom. The molecule has 0 amide bonds. The maximum Gasteiger partial charge on any atom is 0.159 e. The summed E-state index contributed by atoms with van der Waals surface area (Å²) in [5, 5.41) is 6.87. The number of aromatic nitrogens is 4. The van der Waals surface area contributed by atoms with Crippen LogP contribution in [0.25, 0.3) is 22.5 Å². The second-order valence-electron chi connectivity index (χ2n) is 3.92. The lowest BCUT2D eigenvalue weighted by molar-refractivity contribution is 0.509. The van der Waals surface area contributed by atoms with E-state index in [0.717, 1.165) is 17.7 Å². The Balaban J connectivity index is 1.99. The Morgan fingerprint density at radius 3 is 2.42 bits per heavy atom. The fourth-order valence-corrected chi connectivity index (χ4v) is 1.71. The molecule has 2 heterocycles. The maximum absolute atomic E-state index is 13.2. The van der Waals surface area contributed by atoms with Crippen LogP contribution in [0.15, 0.2) is 43.0 Å². The molecule has 6 heteroatoms. The van der Waals surface area contributed by atoms with Crippen molar-refractivity contribution in [2.45, 2.75) is 0 Å². The minimum atomic E-state index is -0.892. The van der Waals surface area contributed by atoms with Crippen molar-refractivity contribution in [3.05, 3.63) is 54.6 Å². The van der Waals surface area contributed by atoms with Gasteiger partial charge in [0.1, 0.15) is 6.33 Å². The lowest BCUT2D eigenvalue weighted by atomic mass is 10.1. The molecule has 0 spiro atoms. The van der Waals surface area contributed by atoms with Gasteiger partial charge in [-0.3, -0.25) is 5.10 Å². The predicted molar refractivity (Wildman–Crippen MR) is 65.0 cm³/mol. The third-order valence-corrected chi connectivity index (χ3v) is 2.66. The van der Waals surface area contributed by atoms with Crippen LogP contribution in [0.3, 0.4) is 0 Å². The van der Waals surface area contributed by atoms with E-state index in [1.165, 1.54) is 12.4 Å². The number of halogens is 2. The summed E-state index contributed by atoms with van der Waals surface area (Å²) in [6, 6.07) is 5.41. The molecule has 19 heavy (non-hydrogen) atoms. The third kappa shape index (κ3) is 2.20. The molecule has 0 unspecified atom stereocenters. The van der Waals surface area contributed by atoms with Crippen LogP contribution in [0.2, 0.25) is 0 Å². The monoisotopic (exact) mass is 258 g/mol.